The predicted octanol–water partition coefficient (Wildman–Crippen LogP) is 2.09. The topological polar surface area (TPSA) is 46.4 Å². The number of aromatic nitrogens is 3. The second-order valence-electron chi connectivity index (χ2n) is 7.13. The van der Waals surface area contributed by atoms with Gasteiger partial charge in [-0.2, -0.15) is 11.3 Å². The van der Waals surface area contributed by atoms with Crippen LogP contribution in [0.4, 0.5) is 0 Å². The highest BCUT2D eigenvalue weighted by Crippen LogP contribution is 2.27. The molecular formula is C18H27N5OS. The van der Waals surface area contributed by atoms with Gasteiger partial charge in [0.1, 0.15) is 11.6 Å². The quantitative estimate of drug-likeness (QED) is 0.816. The minimum Gasteiger partial charge on any atom is -0.379 e. The van der Waals surface area contributed by atoms with Gasteiger partial charge < -0.3 is 9.30 Å². The Balaban J connectivity index is 1.40. The molecule has 0 spiro atoms. The number of rotatable bonds is 5. The second-order valence-corrected chi connectivity index (χ2v) is 7.91. The zero-order chi connectivity index (χ0) is 17.1. The Bertz CT molecular complexity index is 665. The Labute approximate surface area is 153 Å². The minimum atomic E-state index is 0.489. The average Bonchev–Trinajstić information content (AvgIpc) is 3.27. The number of nitrogens with zero attached hydrogens (tertiary/aromatic N) is 5. The molecule has 0 N–H and O–H groups in total. The number of likely N-dealkylation sites (tertiary alicyclic amines) is 1. The maximum atomic E-state index is 5.43. The first-order chi connectivity index (χ1) is 12.3. The summed E-state index contributed by atoms with van der Waals surface area (Å²) in [5, 5.41) is 13.5. The number of hydrogen-bond donors (Lipinski definition) is 0. The van der Waals surface area contributed by atoms with Crippen LogP contribution in [0.3, 0.4) is 0 Å². The fraction of sp³-hybridized carbons (Fsp3) is 0.667. The summed E-state index contributed by atoms with van der Waals surface area (Å²) < 4.78 is 7.66. The maximum Gasteiger partial charge on any atom is 0.146 e. The van der Waals surface area contributed by atoms with E-state index in [0.29, 0.717) is 5.92 Å². The van der Waals surface area contributed by atoms with Crippen LogP contribution in [0.25, 0.3) is 0 Å². The molecule has 0 bridgehead atoms. The average molecular weight is 362 g/mol. The zero-order valence-corrected chi connectivity index (χ0v) is 15.7. The molecule has 4 heterocycles. The summed E-state index contributed by atoms with van der Waals surface area (Å²) in [6.07, 6.45) is 2.45. The Morgan fingerprint density at radius 1 is 1.16 bits per heavy atom. The summed E-state index contributed by atoms with van der Waals surface area (Å²) in [6, 6.07) is 2.23. The smallest absolute Gasteiger partial charge is 0.146 e. The van der Waals surface area contributed by atoms with E-state index in [9.17, 15) is 0 Å². The Morgan fingerprint density at radius 3 is 2.84 bits per heavy atom. The molecule has 2 fully saturated rings. The summed E-state index contributed by atoms with van der Waals surface area (Å²) in [7, 11) is 2.13. The van der Waals surface area contributed by atoms with Gasteiger partial charge in [-0.15, -0.1) is 10.2 Å². The molecule has 0 radical (unpaired) electrons. The molecule has 0 amide bonds. The Hall–Kier alpha value is -1.28. The van der Waals surface area contributed by atoms with Gasteiger partial charge in [-0.3, -0.25) is 9.80 Å². The molecule has 0 saturated carbocycles. The summed E-state index contributed by atoms with van der Waals surface area (Å²) in [4.78, 5) is 4.97. The number of piperidine rings is 1. The van der Waals surface area contributed by atoms with Crippen LogP contribution in [0, 0.1) is 0 Å². The van der Waals surface area contributed by atoms with Crippen LogP contribution in [0.15, 0.2) is 16.8 Å². The van der Waals surface area contributed by atoms with E-state index in [1.807, 2.05) is 0 Å². The van der Waals surface area contributed by atoms with Crippen molar-refractivity contribution < 1.29 is 4.74 Å². The van der Waals surface area contributed by atoms with Crippen molar-refractivity contribution in [3.63, 3.8) is 0 Å². The van der Waals surface area contributed by atoms with Gasteiger partial charge in [-0.25, -0.2) is 0 Å². The fourth-order valence-electron chi connectivity index (χ4n) is 3.88. The fourth-order valence-corrected chi connectivity index (χ4v) is 4.54. The van der Waals surface area contributed by atoms with E-state index < -0.39 is 0 Å². The van der Waals surface area contributed by atoms with Crippen LogP contribution in [0.5, 0.6) is 0 Å². The molecule has 2 aliphatic rings. The third-order valence-corrected chi connectivity index (χ3v) is 6.06. The number of ether oxygens (including phenoxy) is 1. The van der Waals surface area contributed by atoms with Gasteiger partial charge >= 0.3 is 0 Å². The molecule has 136 valence electrons. The van der Waals surface area contributed by atoms with E-state index in [-0.39, 0.29) is 0 Å². The lowest BCUT2D eigenvalue weighted by atomic mass is 9.97. The Kier molecular flexibility index (Phi) is 5.45. The molecule has 2 aliphatic heterocycles. The summed E-state index contributed by atoms with van der Waals surface area (Å²) >= 11 is 1.78. The van der Waals surface area contributed by atoms with Crippen molar-refractivity contribution >= 4 is 11.3 Å². The SMILES string of the molecule is Cn1c(CN2CCOCC2)nnc1[C@@H]1CCCN(Cc2ccsc2)C1. The van der Waals surface area contributed by atoms with Crippen LogP contribution in [0.1, 0.15) is 36.0 Å². The van der Waals surface area contributed by atoms with Crippen molar-refractivity contribution in [1.82, 2.24) is 24.6 Å². The van der Waals surface area contributed by atoms with Crippen molar-refractivity contribution in [1.29, 1.82) is 0 Å². The molecule has 0 aromatic carbocycles. The lowest BCUT2D eigenvalue weighted by molar-refractivity contribution is 0.0326. The van der Waals surface area contributed by atoms with Crippen molar-refractivity contribution in [2.24, 2.45) is 7.05 Å². The predicted molar refractivity (Wildman–Crippen MR) is 98.7 cm³/mol. The van der Waals surface area contributed by atoms with Gasteiger partial charge in [-0.05, 0) is 41.8 Å². The highest BCUT2D eigenvalue weighted by molar-refractivity contribution is 7.07. The molecule has 2 aromatic rings. The third-order valence-electron chi connectivity index (χ3n) is 5.32. The van der Waals surface area contributed by atoms with Gasteiger partial charge in [-0.1, -0.05) is 0 Å². The van der Waals surface area contributed by atoms with Crippen LogP contribution in [-0.4, -0.2) is 64.0 Å². The van der Waals surface area contributed by atoms with Crippen molar-refractivity contribution in [3.05, 3.63) is 34.0 Å². The van der Waals surface area contributed by atoms with Crippen LogP contribution < -0.4 is 0 Å². The first-order valence-electron chi connectivity index (χ1n) is 9.21. The first-order valence-corrected chi connectivity index (χ1v) is 10.2. The van der Waals surface area contributed by atoms with E-state index in [0.717, 1.165) is 57.6 Å². The highest BCUT2D eigenvalue weighted by Gasteiger charge is 2.26. The van der Waals surface area contributed by atoms with Crippen molar-refractivity contribution in [3.8, 4) is 0 Å². The van der Waals surface area contributed by atoms with E-state index >= 15 is 0 Å². The molecule has 0 unspecified atom stereocenters. The van der Waals surface area contributed by atoms with Crippen LogP contribution in [-0.2, 0) is 24.9 Å². The molecule has 4 rings (SSSR count). The molecule has 1 atom stereocenters. The van der Waals surface area contributed by atoms with Gasteiger partial charge in [0.25, 0.3) is 0 Å². The Morgan fingerprint density at radius 2 is 2.04 bits per heavy atom. The molecule has 7 heteroatoms. The van der Waals surface area contributed by atoms with E-state index in [2.05, 4.69) is 48.4 Å². The molecular weight excluding hydrogens is 334 g/mol. The molecule has 25 heavy (non-hydrogen) atoms. The van der Waals surface area contributed by atoms with Gasteiger partial charge in [0.2, 0.25) is 0 Å². The number of thiophene rings is 1. The molecule has 6 nitrogen and oxygen atoms in total. The minimum absolute atomic E-state index is 0.489. The van der Waals surface area contributed by atoms with Gasteiger partial charge in [0.15, 0.2) is 0 Å². The first kappa shape index (κ1) is 17.1. The second kappa shape index (κ2) is 7.95. The van der Waals surface area contributed by atoms with E-state index in [4.69, 9.17) is 4.74 Å². The van der Waals surface area contributed by atoms with Crippen LogP contribution >= 0.6 is 11.3 Å². The molecule has 0 aliphatic carbocycles. The standard InChI is InChI=1S/C18H27N5OS/c1-21-17(13-22-6-8-24-9-7-22)19-20-18(21)16-3-2-5-23(12-16)11-15-4-10-25-14-15/h4,10,14,16H,2-3,5-9,11-13H2,1H3/t16-/m1/s1. The summed E-state index contributed by atoms with van der Waals surface area (Å²) in [6.45, 7) is 7.82. The third kappa shape index (κ3) is 4.11. The summed E-state index contributed by atoms with van der Waals surface area (Å²) in [5.41, 5.74) is 1.43. The molecule has 2 aromatic heterocycles. The van der Waals surface area contributed by atoms with Crippen molar-refractivity contribution in [2.45, 2.75) is 31.8 Å². The van der Waals surface area contributed by atoms with Gasteiger partial charge in [0.05, 0.1) is 19.8 Å². The van der Waals surface area contributed by atoms with Gasteiger partial charge in [0, 0.05) is 39.1 Å². The number of hydrogen-bond acceptors (Lipinski definition) is 6. The maximum absolute atomic E-state index is 5.43. The normalized spacial score (nSPS) is 23.2. The lowest BCUT2D eigenvalue weighted by Gasteiger charge is -2.32. The summed E-state index contributed by atoms with van der Waals surface area (Å²) in [5.74, 6) is 2.72. The lowest BCUT2D eigenvalue weighted by Crippen LogP contribution is -2.36. The zero-order valence-electron chi connectivity index (χ0n) is 14.9. The van der Waals surface area contributed by atoms with Crippen LogP contribution in [0.2, 0.25) is 0 Å². The monoisotopic (exact) mass is 361 g/mol. The van der Waals surface area contributed by atoms with Crippen molar-refractivity contribution in [2.75, 3.05) is 39.4 Å². The highest BCUT2D eigenvalue weighted by atomic mass is 32.1. The largest absolute Gasteiger partial charge is 0.379 e. The number of morpholine rings is 1. The van der Waals surface area contributed by atoms with E-state index in [1.165, 1.54) is 24.9 Å². The van der Waals surface area contributed by atoms with E-state index in [1.54, 1.807) is 11.3 Å². The molecule has 2 saturated heterocycles.